The Morgan fingerprint density at radius 1 is 1.06 bits per heavy atom. The minimum atomic E-state index is -0.163. The highest BCUT2D eigenvalue weighted by Crippen LogP contribution is 2.17. The van der Waals surface area contributed by atoms with Gasteiger partial charge in [-0.15, -0.1) is 0 Å². The molecule has 0 saturated carbocycles. The van der Waals surface area contributed by atoms with E-state index in [-0.39, 0.29) is 6.03 Å². The van der Waals surface area contributed by atoms with E-state index >= 15 is 0 Å². The monoisotopic (exact) mass is 421 g/mol. The van der Waals surface area contributed by atoms with E-state index in [4.69, 9.17) is 9.47 Å². The molecular formula is C25H31N3O3. The SMILES string of the molecule is CCOc1ccc(NC(=O)N(CCOC)Cc2cccn2Cc2ccc(C)cc2)cc1. The highest BCUT2D eigenvalue weighted by Gasteiger charge is 2.16. The number of urea groups is 1. The molecule has 0 aliphatic carbocycles. The second-order valence-corrected chi connectivity index (χ2v) is 7.41. The minimum Gasteiger partial charge on any atom is -0.494 e. The van der Waals surface area contributed by atoms with Crippen molar-refractivity contribution < 1.29 is 14.3 Å². The normalized spacial score (nSPS) is 10.7. The summed E-state index contributed by atoms with van der Waals surface area (Å²) in [5.41, 5.74) is 4.27. The number of ether oxygens (including phenoxy) is 2. The second-order valence-electron chi connectivity index (χ2n) is 7.41. The maximum Gasteiger partial charge on any atom is 0.322 e. The van der Waals surface area contributed by atoms with Crippen LogP contribution in [0.2, 0.25) is 0 Å². The van der Waals surface area contributed by atoms with E-state index in [2.05, 4.69) is 47.1 Å². The standard InChI is InChI=1S/C25H31N3O3/c1-4-31-24-13-11-22(12-14-24)26-25(29)28(16-17-30-3)19-23-6-5-15-27(23)18-21-9-7-20(2)8-10-21/h5-15H,4,16-19H2,1-3H3,(H,26,29). The third-order valence-electron chi connectivity index (χ3n) is 5.02. The van der Waals surface area contributed by atoms with Crippen LogP contribution in [0.3, 0.4) is 0 Å². The largest absolute Gasteiger partial charge is 0.494 e. The molecule has 2 aromatic carbocycles. The highest BCUT2D eigenvalue weighted by atomic mass is 16.5. The van der Waals surface area contributed by atoms with Crippen LogP contribution < -0.4 is 10.1 Å². The molecule has 3 aromatic rings. The van der Waals surface area contributed by atoms with E-state index in [1.165, 1.54) is 11.1 Å². The Kier molecular flexibility index (Phi) is 8.12. The van der Waals surface area contributed by atoms with Crippen LogP contribution in [0, 0.1) is 6.92 Å². The van der Waals surface area contributed by atoms with Crippen LogP contribution in [-0.4, -0.2) is 42.4 Å². The molecule has 0 radical (unpaired) electrons. The van der Waals surface area contributed by atoms with Crippen LogP contribution in [0.15, 0.2) is 66.9 Å². The summed E-state index contributed by atoms with van der Waals surface area (Å²) in [6.07, 6.45) is 2.05. The molecule has 0 unspecified atom stereocenters. The molecule has 0 spiro atoms. The van der Waals surface area contributed by atoms with Gasteiger partial charge in [0.25, 0.3) is 0 Å². The number of amides is 2. The zero-order chi connectivity index (χ0) is 22.1. The summed E-state index contributed by atoms with van der Waals surface area (Å²) < 4.78 is 12.9. The fourth-order valence-corrected chi connectivity index (χ4v) is 3.29. The Morgan fingerprint density at radius 2 is 1.81 bits per heavy atom. The average molecular weight is 422 g/mol. The molecule has 1 aromatic heterocycles. The number of aryl methyl sites for hydroxylation is 1. The van der Waals surface area contributed by atoms with Crippen molar-refractivity contribution in [1.82, 2.24) is 9.47 Å². The quantitative estimate of drug-likeness (QED) is 0.505. The maximum atomic E-state index is 13.0. The van der Waals surface area contributed by atoms with Crippen molar-refractivity contribution in [2.45, 2.75) is 26.9 Å². The van der Waals surface area contributed by atoms with E-state index in [0.29, 0.717) is 26.3 Å². The summed E-state index contributed by atoms with van der Waals surface area (Å²) in [7, 11) is 1.64. The van der Waals surface area contributed by atoms with Crippen molar-refractivity contribution in [3.8, 4) is 5.75 Å². The first-order valence-electron chi connectivity index (χ1n) is 10.6. The lowest BCUT2D eigenvalue weighted by Crippen LogP contribution is -2.37. The van der Waals surface area contributed by atoms with Crippen LogP contribution in [0.4, 0.5) is 10.5 Å². The summed E-state index contributed by atoms with van der Waals surface area (Å²) in [5.74, 6) is 0.783. The number of rotatable bonds is 10. The lowest BCUT2D eigenvalue weighted by molar-refractivity contribution is 0.152. The molecular weight excluding hydrogens is 390 g/mol. The summed E-state index contributed by atoms with van der Waals surface area (Å²) in [6.45, 7) is 6.86. The minimum absolute atomic E-state index is 0.163. The Labute approximate surface area is 184 Å². The lowest BCUT2D eigenvalue weighted by Gasteiger charge is -2.24. The van der Waals surface area contributed by atoms with Gasteiger partial charge >= 0.3 is 6.03 Å². The van der Waals surface area contributed by atoms with Gasteiger partial charge in [-0.3, -0.25) is 0 Å². The molecule has 0 bridgehead atoms. The number of hydrogen-bond acceptors (Lipinski definition) is 3. The third-order valence-corrected chi connectivity index (χ3v) is 5.02. The number of carbonyl (C=O) groups is 1. The van der Waals surface area contributed by atoms with Crippen LogP contribution in [0.25, 0.3) is 0 Å². The van der Waals surface area contributed by atoms with Gasteiger partial charge in [0, 0.05) is 37.8 Å². The summed E-state index contributed by atoms with van der Waals surface area (Å²) in [4.78, 5) is 14.7. The predicted octanol–water partition coefficient (Wildman–Crippen LogP) is 4.92. The Hall–Kier alpha value is -3.25. The van der Waals surface area contributed by atoms with Gasteiger partial charge in [-0.05, 0) is 55.8 Å². The smallest absolute Gasteiger partial charge is 0.322 e. The van der Waals surface area contributed by atoms with Crippen LogP contribution in [-0.2, 0) is 17.8 Å². The second kappa shape index (κ2) is 11.2. The number of methoxy groups -OCH3 is 1. The number of hydrogen-bond donors (Lipinski definition) is 1. The molecule has 31 heavy (non-hydrogen) atoms. The Bertz CT molecular complexity index is 949. The Balaban J connectivity index is 1.68. The molecule has 0 aliphatic heterocycles. The van der Waals surface area contributed by atoms with Crippen molar-refractivity contribution in [2.24, 2.45) is 0 Å². The topological polar surface area (TPSA) is 55.7 Å². The van der Waals surface area contributed by atoms with Gasteiger partial charge in [-0.25, -0.2) is 4.79 Å². The molecule has 0 atom stereocenters. The van der Waals surface area contributed by atoms with Crippen molar-refractivity contribution >= 4 is 11.7 Å². The van der Waals surface area contributed by atoms with Crippen molar-refractivity contribution in [3.05, 3.63) is 83.7 Å². The zero-order valence-corrected chi connectivity index (χ0v) is 18.5. The van der Waals surface area contributed by atoms with E-state index in [0.717, 1.165) is 23.7 Å². The van der Waals surface area contributed by atoms with Crippen LogP contribution in [0.5, 0.6) is 5.75 Å². The maximum absolute atomic E-state index is 13.0. The third kappa shape index (κ3) is 6.62. The summed E-state index contributed by atoms with van der Waals surface area (Å²) >= 11 is 0. The molecule has 0 saturated heterocycles. The number of nitrogens with zero attached hydrogens (tertiary/aromatic N) is 2. The molecule has 2 amide bonds. The average Bonchev–Trinajstić information content (AvgIpc) is 3.20. The van der Waals surface area contributed by atoms with E-state index < -0.39 is 0 Å². The predicted molar refractivity (Wildman–Crippen MR) is 124 cm³/mol. The fourth-order valence-electron chi connectivity index (χ4n) is 3.29. The first-order chi connectivity index (χ1) is 15.1. The van der Waals surface area contributed by atoms with Crippen molar-refractivity contribution in [3.63, 3.8) is 0 Å². The van der Waals surface area contributed by atoms with E-state index in [9.17, 15) is 4.79 Å². The molecule has 3 rings (SSSR count). The van der Waals surface area contributed by atoms with Crippen LogP contribution >= 0.6 is 0 Å². The van der Waals surface area contributed by atoms with Gasteiger partial charge in [0.1, 0.15) is 5.75 Å². The van der Waals surface area contributed by atoms with Gasteiger partial charge in [-0.1, -0.05) is 29.8 Å². The molecule has 6 nitrogen and oxygen atoms in total. The van der Waals surface area contributed by atoms with Crippen LogP contribution in [0.1, 0.15) is 23.7 Å². The van der Waals surface area contributed by atoms with Gasteiger partial charge in [0.2, 0.25) is 0 Å². The van der Waals surface area contributed by atoms with E-state index in [1.54, 1.807) is 12.0 Å². The molecule has 0 aliphatic rings. The number of aromatic nitrogens is 1. The molecule has 0 fully saturated rings. The van der Waals surface area contributed by atoms with Gasteiger partial charge in [0.05, 0.1) is 19.8 Å². The van der Waals surface area contributed by atoms with Gasteiger partial charge in [-0.2, -0.15) is 0 Å². The number of nitrogens with one attached hydrogen (secondary N) is 1. The van der Waals surface area contributed by atoms with E-state index in [1.807, 2.05) is 43.5 Å². The number of carbonyl (C=O) groups excluding carboxylic acids is 1. The lowest BCUT2D eigenvalue weighted by atomic mass is 10.1. The molecule has 1 heterocycles. The zero-order valence-electron chi connectivity index (χ0n) is 18.5. The number of anilines is 1. The van der Waals surface area contributed by atoms with Crippen molar-refractivity contribution in [2.75, 3.05) is 32.2 Å². The highest BCUT2D eigenvalue weighted by molar-refractivity contribution is 5.89. The molecule has 164 valence electrons. The summed E-state index contributed by atoms with van der Waals surface area (Å²) in [6, 6.07) is 19.8. The fraction of sp³-hybridized carbons (Fsp3) is 0.320. The molecule has 1 N–H and O–H groups in total. The Morgan fingerprint density at radius 3 is 2.48 bits per heavy atom. The molecule has 6 heteroatoms. The van der Waals surface area contributed by atoms with Crippen molar-refractivity contribution in [1.29, 1.82) is 0 Å². The number of benzene rings is 2. The van der Waals surface area contributed by atoms with Gasteiger partial charge in [0.15, 0.2) is 0 Å². The summed E-state index contributed by atoms with van der Waals surface area (Å²) in [5, 5.41) is 2.97. The van der Waals surface area contributed by atoms with Gasteiger partial charge < -0.3 is 24.3 Å². The first kappa shape index (κ1) is 22.4. The first-order valence-corrected chi connectivity index (χ1v) is 10.6.